The molecule has 0 unspecified atom stereocenters. The van der Waals surface area contributed by atoms with Crippen LogP contribution in [0.3, 0.4) is 0 Å². The molecule has 0 saturated heterocycles. The zero-order valence-electron chi connectivity index (χ0n) is 12.0. The molecular formula is C13H16N8O. The first-order valence-corrected chi connectivity index (χ1v) is 7.09. The summed E-state index contributed by atoms with van der Waals surface area (Å²) in [7, 11) is 0. The average Bonchev–Trinajstić information content (AvgIpc) is 3.19. The molecule has 9 heteroatoms. The van der Waals surface area contributed by atoms with Gasteiger partial charge in [-0.15, -0.1) is 15.3 Å². The molecule has 22 heavy (non-hydrogen) atoms. The minimum absolute atomic E-state index is 0.0124. The molecule has 0 spiro atoms. The van der Waals surface area contributed by atoms with Crippen LogP contribution >= 0.6 is 0 Å². The summed E-state index contributed by atoms with van der Waals surface area (Å²) in [5, 5.41) is 21.9. The molecule has 0 aliphatic carbocycles. The Bertz CT molecular complexity index is 735. The number of carbonyl (C=O) groups is 1. The minimum Gasteiger partial charge on any atom is -0.356 e. The summed E-state index contributed by atoms with van der Waals surface area (Å²) in [4.78, 5) is 11.7. The van der Waals surface area contributed by atoms with Crippen LogP contribution in [0.4, 0.5) is 0 Å². The average molecular weight is 300 g/mol. The number of carbonyl (C=O) groups excluding carboxylic acids is 1. The second kappa shape index (κ2) is 6.74. The van der Waals surface area contributed by atoms with Crippen LogP contribution in [-0.4, -0.2) is 47.3 Å². The third-order valence-electron chi connectivity index (χ3n) is 3.24. The summed E-state index contributed by atoms with van der Waals surface area (Å²) in [6, 6.07) is 5.79. The Balaban J connectivity index is 1.39. The highest BCUT2D eigenvalue weighted by molar-refractivity contribution is 5.75. The Labute approximate surface area is 126 Å². The molecule has 0 aromatic carbocycles. The van der Waals surface area contributed by atoms with Gasteiger partial charge in [-0.05, 0) is 29.0 Å². The van der Waals surface area contributed by atoms with E-state index in [0.717, 1.165) is 24.3 Å². The van der Waals surface area contributed by atoms with Crippen LogP contribution in [0.15, 0.2) is 30.7 Å². The number of fused-ring (bicyclic) bond motifs is 1. The van der Waals surface area contributed by atoms with Crippen LogP contribution < -0.4 is 5.32 Å². The maximum Gasteiger partial charge on any atom is 0.221 e. The Morgan fingerprint density at radius 2 is 2.23 bits per heavy atom. The molecule has 3 aromatic heterocycles. The Morgan fingerprint density at radius 3 is 3.09 bits per heavy atom. The van der Waals surface area contributed by atoms with Gasteiger partial charge in [0.25, 0.3) is 0 Å². The third kappa shape index (κ3) is 3.43. The monoisotopic (exact) mass is 300 g/mol. The summed E-state index contributed by atoms with van der Waals surface area (Å²) >= 11 is 0. The van der Waals surface area contributed by atoms with E-state index in [9.17, 15) is 4.79 Å². The van der Waals surface area contributed by atoms with Crippen molar-refractivity contribution in [2.45, 2.75) is 25.8 Å². The lowest BCUT2D eigenvalue weighted by Crippen LogP contribution is -2.26. The standard InChI is InChI=1S/C13H16N8O/c22-13(6-9-20-10-15-18-19-20)14-7-3-5-12-17-16-11-4-1-2-8-21(11)12/h1-2,4,8,10H,3,5-7,9H2,(H,14,22). The first-order chi connectivity index (χ1) is 10.8. The molecular weight excluding hydrogens is 284 g/mol. The van der Waals surface area contributed by atoms with Crippen LogP contribution in [0, 0.1) is 0 Å². The van der Waals surface area contributed by atoms with E-state index in [0.29, 0.717) is 19.5 Å². The van der Waals surface area contributed by atoms with E-state index in [2.05, 4.69) is 31.0 Å². The smallest absolute Gasteiger partial charge is 0.221 e. The van der Waals surface area contributed by atoms with Gasteiger partial charge in [0.15, 0.2) is 5.65 Å². The lowest BCUT2D eigenvalue weighted by molar-refractivity contribution is -0.121. The number of aryl methyl sites for hydroxylation is 2. The molecule has 9 nitrogen and oxygen atoms in total. The van der Waals surface area contributed by atoms with Gasteiger partial charge >= 0.3 is 0 Å². The zero-order chi connectivity index (χ0) is 15.2. The van der Waals surface area contributed by atoms with Crippen molar-refractivity contribution in [1.82, 2.24) is 40.1 Å². The van der Waals surface area contributed by atoms with Gasteiger partial charge in [-0.3, -0.25) is 9.20 Å². The van der Waals surface area contributed by atoms with Crippen molar-refractivity contribution in [2.75, 3.05) is 6.54 Å². The van der Waals surface area contributed by atoms with Gasteiger partial charge in [-0.2, -0.15) is 0 Å². The van der Waals surface area contributed by atoms with Gasteiger partial charge in [0, 0.05) is 25.6 Å². The highest BCUT2D eigenvalue weighted by Gasteiger charge is 2.05. The summed E-state index contributed by atoms with van der Waals surface area (Å²) in [5.41, 5.74) is 0.836. The predicted molar refractivity (Wildman–Crippen MR) is 76.8 cm³/mol. The summed E-state index contributed by atoms with van der Waals surface area (Å²) in [6.45, 7) is 1.09. The highest BCUT2D eigenvalue weighted by atomic mass is 16.1. The van der Waals surface area contributed by atoms with E-state index in [1.165, 1.54) is 11.0 Å². The Kier molecular flexibility index (Phi) is 4.33. The van der Waals surface area contributed by atoms with E-state index in [4.69, 9.17) is 0 Å². The van der Waals surface area contributed by atoms with E-state index in [1.807, 2.05) is 28.8 Å². The molecule has 114 valence electrons. The maximum absolute atomic E-state index is 11.7. The van der Waals surface area contributed by atoms with Crippen LogP contribution in [0.25, 0.3) is 5.65 Å². The molecule has 1 N–H and O–H groups in total. The third-order valence-corrected chi connectivity index (χ3v) is 3.24. The van der Waals surface area contributed by atoms with Gasteiger partial charge in [0.1, 0.15) is 12.2 Å². The fraction of sp³-hybridized carbons (Fsp3) is 0.385. The maximum atomic E-state index is 11.7. The van der Waals surface area contributed by atoms with Crippen molar-refractivity contribution in [2.24, 2.45) is 0 Å². The van der Waals surface area contributed by atoms with Crippen molar-refractivity contribution < 1.29 is 4.79 Å². The SMILES string of the molecule is O=C(CCn1cnnn1)NCCCc1nnc2ccccn12. The summed E-state index contributed by atoms with van der Waals surface area (Å²) in [6.07, 6.45) is 5.36. The van der Waals surface area contributed by atoms with E-state index < -0.39 is 0 Å². The molecule has 0 saturated carbocycles. The lowest BCUT2D eigenvalue weighted by Gasteiger charge is -2.04. The zero-order valence-corrected chi connectivity index (χ0v) is 12.0. The van der Waals surface area contributed by atoms with Gasteiger partial charge in [-0.1, -0.05) is 6.07 Å². The van der Waals surface area contributed by atoms with Gasteiger partial charge < -0.3 is 5.32 Å². The molecule has 0 radical (unpaired) electrons. The number of rotatable bonds is 7. The quantitative estimate of drug-likeness (QED) is 0.609. The molecule has 0 atom stereocenters. The topological polar surface area (TPSA) is 103 Å². The fourth-order valence-corrected chi connectivity index (χ4v) is 2.12. The number of amides is 1. The molecule has 3 heterocycles. The van der Waals surface area contributed by atoms with Crippen LogP contribution in [0.1, 0.15) is 18.7 Å². The normalized spacial score (nSPS) is 10.9. The van der Waals surface area contributed by atoms with E-state index >= 15 is 0 Å². The largest absolute Gasteiger partial charge is 0.356 e. The molecule has 1 amide bonds. The van der Waals surface area contributed by atoms with Crippen LogP contribution in [0.2, 0.25) is 0 Å². The number of nitrogens with one attached hydrogen (secondary N) is 1. The Hall–Kier alpha value is -2.84. The van der Waals surface area contributed by atoms with Crippen molar-refractivity contribution in [1.29, 1.82) is 0 Å². The number of hydrogen-bond donors (Lipinski definition) is 1. The van der Waals surface area contributed by atoms with E-state index in [1.54, 1.807) is 0 Å². The predicted octanol–water partition coefficient (Wildman–Crippen LogP) is -0.145. The number of tetrazole rings is 1. The van der Waals surface area contributed by atoms with Crippen molar-refractivity contribution in [3.8, 4) is 0 Å². The molecule has 3 rings (SSSR count). The lowest BCUT2D eigenvalue weighted by atomic mass is 10.3. The highest BCUT2D eigenvalue weighted by Crippen LogP contribution is 2.04. The first-order valence-electron chi connectivity index (χ1n) is 7.09. The van der Waals surface area contributed by atoms with Crippen molar-refractivity contribution >= 4 is 11.6 Å². The second-order valence-electron chi connectivity index (χ2n) is 4.82. The summed E-state index contributed by atoms with van der Waals surface area (Å²) in [5.74, 6) is 0.889. The Morgan fingerprint density at radius 1 is 1.27 bits per heavy atom. The number of nitrogens with zero attached hydrogens (tertiary/aromatic N) is 7. The molecule has 0 fully saturated rings. The van der Waals surface area contributed by atoms with Crippen LogP contribution in [0.5, 0.6) is 0 Å². The van der Waals surface area contributed by atoms with Crippen LogP contribution in [-0.2, 0) is 17.8 Å². The minimum atomic E-state index is -0.0124. The molecule has 0 bridgehead atoms. The number of pyridine rings is 1. The summed E-state index contributed by atoms with van der Waals surface area (Å²) < 4.78 is 3.49. The molecule has 3 aromatic rings. The van der Waals surface area contributed by atoms with Gasteiger partial charge in [0.2, 0.25) is 5.91 Å². The van der Waals surface area contributed by atoms with Gasteiger partial charge in [0.05, 0.1) is 6.54 Å². The number of aromatic nitrogens is 7. The van der Waals surface area contributed by atoms with E-state index in [-0.39, 0.29) is 5.91 Å². The number of hydrogen-bond acceptors (Lipinski definition) is 6. The second-order valence-corrected chi connectivity index (χ2v) is 4.82. The molecule has 0 aliphatic heterocycles. The van der Waals surface area contributed by atoms with Crippen molar-refractivity contribution in [3.63, 3.8) is 0 Å². The van der Waals surface area contributed by atoms with Crippen molar-refractivity contribution in [3.05, 3.63) is 36.5 Å². The van der Waals surface area contributed by atoms with Gasteiger partial charge in [-0.25, -0.2) is 4.68 Å². The fourth-order valence-electron chi connectivity index (χ4n) is 2.12. The molecule has 0 aliphatic rings. The first kappa shape index (κ1) is 14.1.